The third-order valence-corrected chi connectivity index (χ3v) is 3.85. The van der Waals surface area contributed by atoms with Crippen LogP contribution in [-0.4, -0.2) is 24.7 Å². The summed E-state index contributed by atoms with van der Waals surface area (Å²) < 4.78 is 0. The standard InChI is InChI=1S/C18H24N2O/c1-3-20(17-11-7-8-15(2)12-17)14-18(21,13-19)16-9-5-4-6-10-16/h4-12,21H,3,13-14,19H2,1-2H3. The molecule has 0 amide bonds. The second kappa shape index (κ2) is 6.74. The van der Waals surface area contributed by atoms with E-state index >= 15 is 0 Å². The molecule has 0 aliphatic heterocycles. The van der Waals surface area contributed by atoms with Crippen LogP contribution in [0.2, 0.25) is 0 Å². The molecule has 2 rings (SSSR count). The summed E-state index contributed by atoms with van der Waals surface area (Å²) in [5.74, 6) is 0. The number of likely N-dealkylation sites (N-methyl/N-ethyl adjacent to an activating group) is 1. The Bertz CT molecular complexity index is 570. The van der Waals surface area contributed by atoms with E-state index in [9.17, 15) is 5.11 Å². The average molecular weight is 284 g/mol. The van der Waals surface area contributed by atoms with Crippen LogP contribution in [0.3, 0.4) is 0 Å². The lowest BCUT2D eigenvalue weighted by molar-refractivity contribution is 0.0533. The molecule has 2 aromatic rings. The summed E-state index contributed by atoms with van der Waals surface area (Å²) in [6, 6.07) is 18.0. The minimum Gasteiger partial charge on any atom is -0.382 e. The quantitative estimate of drug-likeness (QED) is 0.857. The van der Waals surface area contributed by atoms with E-state index in [2.05, 4.69) is 36.9 Å². The van der Waals surface area contributed by atoms with Gasteiger partial charge in [0.05, 0.1) is 6.54 Å². The molecule has 0 spiro atoms. The fourth-order valence-corrected chi connectivity index (χ4v) is 2.55. The summed E-state index contributed by atoms with van der Waals surface area (Å²) in [5, 5.41) is 11.0. The first kappa shape index (κ1) is 15.5. The maximum absolute atomic E-state index is 11.0. The first-order valence-corrected chi connectivity index (χ1v) is 7.38. The normalized spacial score (nSPS) is 13.7. The molecule has 0 heterocycles. The molecule has 0 saturated carbocycles. The van der Waals surface area contributed by atoms with E-state index in [1.165, 1.54) is 5.56 Å². The molecule has 0 bridgehead atoms. The summed E-state index contributed by atoms with van der Waals surface area (Å²) in [6.45, 7) is 5.65. The van der Waals surface area contributed by atoms with Crippen molar-refractivity contribution in [3.8, 4) is 0 Å². The van der Waals surface area contributed by atoms with Crippen LogP contribution < -0.4 is 10.6 Å². The van der Waals surface area contributed by atoms with Gasteiger partial charge in [-0.2, -0.15) is 0 Å². The van der Waals surface area contributed by atoms with E-state index in [1.807, 2.05) is 36.4 Å². The Morgan fingerprint density at radius 2 is 1.81 bits per heavy atom. The van der Waals surface area contributed by atoms with Crippen molar-refractivity contribution in [2.24, 2.45) is 5.73 Å². The second-order valence-corrected chi connectivity index (χ2v) is 5.45. The molecule has 21 heavy (non-hydrogen) atoms. The Morgan fingerprint density at radius 3 is 2.38 bits per heavy atom. The van der Waals surface area contributed by atoms with E-state index in [0.29, 0.717) is 6.54 Å². The number of hydrogen-bond acceptors (Lipinski definition) is 3. The van der Waals surface area contributed by atoms with E-state index in [1.54, 1.807) is 0 Å². The highest BCUT2D eigenvalue weighted by Gasteiger charge is 2.30. The van der Waals surface area contributed by atoms with Gasteiger partial charge < -0.3 is 15.7 Å². The van der Waals surface area contributed by atoms with Crippen molar-refractivity contribution < 1.29 is 5.11 Å². The Morgan fingerprint density at radius 1 is 1.10 bits per heavy atom. The van der Waals surface area contributed by atoms with Crippen LogP contribution in [0.5, 0.6) is 0 Å². The number of rotatable bonds is 6. The average Bonchev–Trinajstić information content (AvgIpc) is 2.53. The number of nitrogens with two attached hydrogens (primary N) is 1. The molecule has 0 aromatic heterocycles. The predicted molar refractivity (Wildman–Crippen MR) is 88.5 cm³/mol. The van der Waals surface area contributed by atoms with Gasteiger partial charge in [0.15, 0.2) is 0 Å². The maximum atomic E-state index is 11.0. The van der Waals surface area contributed by atoms with Crippen LogP contribution in [-0.2, 0) is 5.60 Å². The van der Waals surface area contributed by atoms with E-state index in [4.69, 9.17) is 5.73 Å². The smallest absolute Gasteiger partial charge is 0.119 e. The lowest BCUT2D eigenvalue weighted by Crippen LogP contribution is -2.46. The lowest BCUT2D eigenvalue weighted by atomic mass is 9.93. The van der Waals surface area contributed by atoms with Crippen molar-refractivity contribution >= 4 is 5.69 Å². The first-order chi connectivity index (χ1) is 10.1. The number of benzene rings is 2. The number of anilines is 1. The predicted octanol–water partition coefficient (Wildman–Crippen LogP) is 2.67. The lowest BCUT2D eigenvalue weighted by Gasteiger charge is -2.35. The number of aliphatic hydroxyl groups is 1. The third-order valence-electron chi connectivity index (χ3n) is 3.85. The van der Waals surface area contributed by atoms with Crippen LogP contribution in [0.1, 0.15) is 18.1 Å². The van der Waals surface area contributed by atoms with Crippen LogP contribution in [0.15, 0.2) is 54.6 Å². The van der Waals surface area contributed by atoms with Crippen molar-refractivity contribution in [2.75, 3.05) is 24.5 Å². The van der Waals surface area contributed by atoms with E-state index in [-0.39, 0.29) is 6.54 Å². The number of nitrogens with zero attached hydrogens (tertiary/aromatic N) is 1. The summed E-state index contributed by atoms with van der Waals surface area (Å²) in [4.78, 5) is 2.16. The fourth-order valence-electron chi connectivity index (χ4n) is 2.55. The van der Waals surface area contributed by atoms with Gasteiger partial charge in [0.2, 0.25) is 0 Å². The van der Waals surface area contributed by atoms with Crippen molar-refractivity contribution in [2.45, 2.75) is 19.4 Å². The molecule has 112 valence electrons. The minimum atomic E-state index is -1.04. The molecule has 3 N–H and O–H groups in total. The molecule has 1 atom stereocenters. The van der Waals surface area contributed by atoms with Crippen molar-refractivity contribution in [1.82, 2.24) is 0 Å². The van der Waals surface area contributed by atoms with Crippen LogP contribution >= 0.6 is 0 Å². The van der Waals surface area contributed by atoms with Gasteiger partial charge in [-0.25, -0.2) is 0 Å². The van der Waals surface area contributed by atoms with Gasteiger partial charge in [0, 0.05) is 18.8 Å². The molecule has 3 nitrogen and oxygen atoms in total. The van der Waals surface area contributed by atoms with Crippen molar-refractivity contribution in [3.63, 3.8) is 0 Å². The zero-order valence-electron chi connectivity index (χ0n) is 12.8. The van der Waals surface area contributed by atoms with Gasteiger partial charge in [0.25, 0.3) is 0 Å². The molecular formula is C18H24N2O. The molecule has 0 aliphatic carbocycles. The molecule has 2 aromatic carbocycles. The summed E-state index contributed by atoms with van der Waals surface area (Å²) in [7, 11) is 0. The second-order valence-electron chi connectivity index (χ2n) is 5.45. The Hall–Kier alpha value is -1.84. The van der Waals surface area contributed by atoms with Crippen molar-refractivity contribution in [1.29, 1.82) is 0 Å². The molecule has 3 heteroatoms. The van der Waals surface area contributed by atoms with Gasteiger partial charge >= 0.3 is 0 Å². The van der Waals surface area contributed by atoms with Gasteiger partial charge in [-0.3, -0.25) is 0 Å². The fraction of sp³-hybridized carbons (Fsp3) is 0.333. The highest BCUT2D eigenvalue weighted by molar-refractivity contribution is 5.49. The van der Waals surface area contributed by atoms with Crippen molar-refractivity contribution in [3.05, 3.63) is 65.7 Å². The molecule has 0 saturated heterocycles. The van der Waals surface area contributed by atoms with Gasteiger partial charge in [-0.15, -0.1) is 0 Å². The van der Waals surface area contributed by atoms with Gasteiger partial charge in [-0.05, 0) is 37.1 Å². The maximum Gasteiger partial charge on any atom is 0.119 e. The van der Waals surface area contributed by atoms with Crippen LogP contribution in [0.4, 0.5) is 5.69 Å². The Balaban J connectivity index is 2.27. The molecule has 0 aliphatic rings. The SMILES string of the molecule is CCN(CC(O)(CN)c1ccccc1)c1cccc(C)c1. The topological polar surface area (TPSA) is 49.5 Å². The third kappa shape index (κ3) is 3.63. The molecular weight excluding hydrogens is 260 g/mol. The summed E-state index contributed by atoms with van der Waals surface area (Å²) in [5.41, 5.74) is 8.01. The number of hydrogen-bond donors (Lipinski definition) is 2. The van der Waals surface area contributed by atoms with Gasteiger partial charge in [-0.1, -0.05) is 42.5 Å². The summed E-state index contributed by atoms with van der Waals surface area (Å²) in [6.07, 6.45) is 0. The molecule has 1 unspecified atom stereocenters. The number of aryl methyl sites for hydroxylation is 1. The highest BCUT2D eigenvalue weighted by atomic mass is 16.3. The Kier molecular flexibility index (Phi) is 4.99. The van der Waals surface area contributed by atoms with Crippen LogP contribution in [0.25, 0.3) is 0 Å². The zero-order valence-corrected chi connectivity index (χ0v) is 12.8. The largest absolute Gasteiger partial charge is 0.382 e. The van der Waals surface area contributed by atoms with Gasteiger partial charge in [0.1, 0.15) is 5.60 Å². The molecule has 0 fully saturated rings. The summed E-state index contributed by atoms with van der Waals surface area (Å²) >= 11 is 0. The monoisotopic (exact) mass is 284 g/mol. The highest BCUT2D eigenvalue weighted by Crippen LogP contribution is 2.25. The first-order valence-electron chi connectivity index (χ1n) is 7.38. The Labute approximate surface area is 127 Å². The zero-order chi connectivity index (χ0) is 15.3. The van der Waals surface area contributed by atoms with E-state index < -0.39 is 5.60 Å². The molecule has 0 radical (unpaired) electrons. The van der Waals surface area contributed by atoms with E-state index in [0.717, 1.165) is 17.8 Å². The van der Waals surface area contributed by atoms with Crippen LogP contribution in [0, 0.1) is 6.92 Å². The minimum absolute atomic E-state index is 0.194.